The SMILES string of the molecule is NNC(=O)Cn1ccc2ccccc2c1=O. The molecule has 0 saturated carbocycles. The molecule has 0 unspecified atom stereocenters. The van der Waals surface area contributed by atoms with E-state index in [4.69, 9.17) is 5.84 Å². The Morgan fingerprint density at radius 1 is 1.31 bits per heavy atom. The Hall–Kier alpha value is -2.14. The summed E-state index contributed by atoms with van der Waals surface area (Å²) in [7, 11) is 0. The lowest BCUT2D eigenvalue weighted by Crippen LogP contribution is -2.36. The second-order valence-corrected chi connectivity index (χ2v) is 3.40. The van der Waals surface area contributed by atoms with E-state index in [0.29, 0.717) is 5.39 Å². The molecule has 2 aromatic rings. The standard InChI is InChI=1S/C11H11N3O2/c12-13-10(15)7-14-6-5-8-3-1-2-4-9(8)11(14)16/h1-6H,7,12H2,(H,13,15). The van der Waals surface area contributed by atoms with E-state index < -0.39 is 5.91 Å². The van der Waals surface area contributed by atoms with Crippen LogP contribution in [0.15, 0.2) is 41.3 Å². The van der Waals surface area contributed by atoms with Gasteiger partial charge in [-0.15, -0.1) is 0 Å². The number of rotatable bonds is 2. The molecular formula is C11H11N3O2. The fraction of sp³-hybridized carbons (Fsp3) is 0.0909. The number of benzene rings is 1. The number of aromatic nitrogens is 1. The normalized spacial score (nSPS) is 10.3. The van der Waals surface area contributed by atoms with Crippen LogP contribution in [0.2, 0.25) is 0 Å². The van der Waals surface area contributed by atoms with E-state index >= 15 is 0 Å². The fourth-order valence-electron chi connectivity index (χ4n) is 1.55. The number of hydrazine groups is 1. The van der Waals surface area contributed by atoms with Crippen molar-refractivity contribution in [2.75, 3.05) is 0 Å². The van der Waals surface area contributed by atoms with Crippen molar-refractivity contribution in [3.63, 3.8) is 0 Å². The van der Waals surface area contributed by atoms with Crippen LogP contribution in [0, 0.1) is 0 Å². The van der Waals surface area contributed by atoms with E-state index in [1.54, 1.807) is 24.4 Å². The molecule has 1 aromatic carbocycles. The van der Waals surface area contributed by atoms with Crippen molar-refractivity contribution in [2.24, 2.45) is 5.84 Å². The molecule has 5 nitrogen and oxygen atoms in total. The van der Waals surface area contributed by atoms with Crippen molar-refractivity contribution >= 4 is 16.7 Å². The van der Waals surface area contributed by atoms with Gasteiger partial charge in [0.25, 0.3) is 11.5 Å². The zero-order valence-corrected chi connectivity index (χ0v) is 8.51. The minimum Gasteiger partial charge on any atom is -0.306 e. The van der Waals surface area contributed by atoms with Gasteiger partial charge in [-0.05, 0) is 17.5 Å². The Kier molecular flexibility index (Phi) is 2.70. The molecule has 0 aliphatic heterocycles. The summed E-state index contributed by atoms with van der Waals surface area (Å²) < 4.78 is 1.32. The fourth-order valence-corrected chi connectivity index (χ4v) is 1.55. The van der Waals surface area contributed by atoms with Gasteiger partial charge in [-0.2, -0.15) is 0 Å². The molecule has 0 bridgehead atoms. The van der Waals surface area contributed by atoms with Gasteiger partial charge in [-0.3, -0.25) is 15.0 Å². The van der Waals surface area contributed by atoms with Crippen molar-refractivity contribution in [3.8, 4) is 0 Å². The first-order valence-corrected chi connectivity index (χ1v) is 4.80. The molecule has 1 aromatic heterocycles. The number of pyridine rings is 1. The van der Waals surface area contributed by atoms with Gasteiger partial charge in [0.2, 0.25) is 0 Å². The second-order valence-electron chi connectivity index (χ2n) is 3.40. The monoisotopic (exact) mass is 217 g/mol. The van der Waals surface area contributed by atoms with Gasteiger partial charge in [0.05, 0.1) is 0 Å². The molecule has 3 N–H and O–H groups in total. The topological polar surface area (TPSA) is 77.1 Å². The summed E-state index contributed by atoms with van der Waals surface area (Å²) in [6, 6.07) is 9.02. The Morgan fingerprint density at radius 3 is 2.81 bits per heavy atom. The number of nitrogens with one attached hydrogen (secondary N) is 1. The third-order valence-corrected chi connectivity index (χ3v) is 2.36. The Bertz CT molecular complexity index is 589. The minimum absolute atomic E-state index is 0.0693. The highest BCUT2D eigenvalue weighted by atomic mass is 16.2. The van der Waals surface area contributed by atoms with Crippen LogP contribution in [-0.4, -0.2) is 10.5 Å². The number of hydrogen-bond donors (Lipinski definition) is 2. The second kappa shape index (κ2) is 4.16. The van der Waals surface area contributed by atoms with E-state index in [9.17, 15) is 9.59 Å². The number of hydrogen-bond acceptors (Lipinski definition) is 3. The highest BCUT2D eigenvalue weighted by Gasteiger charge is 2.05. The highest BCUT2D eigenvalue weighted by molar-refractivity contribution is 5.82. The maximum atomic E-state index is 11.9. The van der Waals surface area contributed by atoms with Gasteiger partial charge >= 0.3 is 0 Å². The minimum atomic E-state index is -0.405. The lowest BCUT2D eigenvalue weighted by atomic mass is 10.2. The zero-order valence-electron chi connectivity index (χ0n) is 8.51. The predicted octanol–water partition coefficient (Wildman–Crippen LogP) is -0.00860. The quantitative estimate of drug-likeness (QED) is 0.422. The van der Waals surface area contributed by atoms with Crippen LogP contribution < -0.4 is 16.8 Å². The van der Waals surface area contributed by atoms with Gasteiger partial charge in [-0.25, -0.2) is 5.84 Å². The number of nitrogens with two attached hydrogens (primary N) is 1. The van der Waals surface area contributed by atoms with Gasteiger partial charge in [-0.1, -0.05) is 18.2 Å². The first kappa shape index (κ1) is 10.4. The molecule has 2 rings (SSSR count). The molecular weight excluding hydrogens is 206 g/mol. The maximum absolute atomic E-state index is 11.9. The third-order valence-electron chi connectivity index (χ3n) is 2.36. The first-order valence-electron chi connectivity index (χ1n) is 4.80. The van der Waals surface area contributed by atoms with Crippen LogP contribution in [0.5, 0.6) is 0 Å². The number of carbonyl (C=O) groups excluding carboxylic acids is 1. The molecule has 0 aliphatic carbocycles. The molecule has 0 atom stereocenters. The lowest BCUT2D eigenvalue weighted by molar-refractivity contribution is -0.121. The molecule has 5 heteroatoms. The van der Waals surface area contributed by atoms with Crippen LogP contribution in [0.25, 0.3) is 10.8 Å². The van der Waals surface area contributed by atoms with E-state index in [1.165, 1.54) is 4.57 Å². The lowest BCUT2D eigenvalue weighted by Gasteiger charge is -2.05. The van der Waals surface area contributed by atoms with E-state index in [0.717, 1.165) is 5.39 Å². The van der Waals surface area contributed by atoms with Crippen molar-refractivity contribution in [2.45, 2.75) is 6.54 Å². The Morgan fingerprint density at radius 2 is 2.06 bits per heavy atom. The molecule has 0 fully saturated rings. The predicted molar refractivity (Wildman–Crippen MR) is 60.5 cm³/mol. The van der Waals surface area contributed by atoms with E-state index in [2.05, 4.69) is 0 Å². The molecule has 1 amide bonds. The number of nitrogens with zero attached hydrogens (tertiary/aromatic N) is 1. The van der Waals surface area contributed by atoms with Gasteiger partial charge in [0.1, 0.15) is 6.54 Å². The highest BCUT2D eigenvalue weighted by Crippen LogP contribution is 2.07. The molecule has 0 spiro atoms. The van der Waals surface area contributed by atoms with Crippen LogP contribution in [0.4, 0.5) is 0 Å². The summed E-state index contributed by atoms with van der Waals surface area (Å²) in [6.45, 7) is -0.0693. The number of amides is 1. The summed E-state index contributed by atoms with van der Waals surface area (Å²) in [5.41, 5.74) is 1.80. The van der Waals surface area contributed by atoms with Crippen molar-refractivity contribution in [1.82, 2.24) is 9.99 Å². The van der Waals surface area contributed by atoms with Crippen molar-refractivity contribution in [3.05, 3.63) is 46.9 Å². The largest absolute Gasteiger partial charge is 0.306 e. The molecule has 16 heavy (non-hydrogen) atoms. The third kappa shape index (κ3) is 1.80. The summed E-state index contributed by atoms with van der Waals surface area (Å²) in [5, 5.41) is 1.45. The van der Waals surface area contributed by atoms with Crippen LogP contribution in [0.1, 0.15) is 0 Å². The average molecular weight is 217 g/mol. The van der Waals surface area contributed by atoms with Gasteiger partial charge in [0.15, 0.2) is 0 Å². The molecule has 0 aliphatic rings. The van der Waals surface area contributed by atoms with Gasteiger partial charge in [0, 0.05) is 11.6 Å². The first-order chi connectivity index (χ1) is 7.72. The van der Waals surface area contributed by atoms with E-state index in [1.807, 2.05) is 17.6 Å². The maximum Gasteiger partial charge on any atom is 0.258 e. The van der Waals surface area contributed by atoms with Crippen LogP contribution >= 0.6 is 0 Å². The Labute approximate surface area is 91.5 Å². The van der Waals surface area contributed by atoms with Crippen LogP contribution in [0.3, 0.4) is 0 Å². The van der Waals surface area contributed by atoms with E-state index in [-0.39, 0.29) is 12.1 Å². The van der Waals surface area contributed by atoms with Crippen LogP contribution in [-0.2, 0) is 11.3 Å². The summed E-state index contributed by atoms with van der Waals surface area (Å²) in [5.74, 6) is 4.56. The van der Waals surface area contributed by atoms with Crippen molar-refractivity contribution in [1.29, 1.82) is 0 Å². The van der Waals surface area contributed by atoms with Crippen molar-refractivity contribution < 1.29 is 4.79 Å². The Balaban J connectivity index is 2.53. The molecule has 1 heterocycles. The smallest absolute Gasteiger partial charge is 0.258 e. The summed E-state index contributed by atoms with van der Waals surface area (Å²) >= 11 is 0. The van der Waals surface area contributed by atoms with Gasteiger partial charge < -0.3 is 4.57 Å². The average Bonchev–Trinajstić information content (AvgIpc) is 2.33. The molecule has 0 saturated heterocycles. The molecule has 82 valence electrons. The summed E-state index contributed by atoms with van der Waals surface area (Å²) in [4.78, 5) is 23.0. The number of fused-ring (bicyclic) bond motifs is 1. The zero-order chi connectivity index (χ0) is 11.5. The molecule has 0 radical (unpaired) electrons. The summed E-state index contributed by atoms with van der Waals surface area (Å²) in [6.07, 6.45) is 1.58. The number of carbonyl (C=O) groups is 1.